The zero-order valence-corrected chi connectivity index (χ0v) is 12.6. The van der Waals surface area contributed by atoms with Crippen LogP contribution in [0.25, 0.3) is 0 Å². The zero-order valence-electron chi connectivity index (χ0n) is 12.6. The molecule has 1 fully saturated rings. The summed E-state index contributed by atoms with van der Waals surface area (Å²) in [6.45, 7) is 9.12. The molecule has 1 N–H and O–H groups in total. The first-order valence-electron chi connectivity index (χ1n) is 7.40. The van der Waals surface area contributed by atoms with Crippen molar-refractivity contribution in [3.63, 3.8) is 0 Å². The SMILES string of the molecule is COC(C)(C)CCOCCNC1CCC(C)CC1. The van der Waals surface area contributed by atoms with Crippen LogP contribution in [0.4, 0.5) is 0 Å². The Morgan fingerprint density at radius 1 is 1.11 bits per heavy atom. The number of hydrogen-bond donors (Lipinski definition) is 1. The topological polar surface area (TPSA) is 30.5 Å². The molecule has 0 aromatic rings. The van der Waals surface area contributed by atoms with E-state index in [2.05, 4.69) is 26.1 Å². The van der Waals surface area contributed by atoms with Crippen LogP contribution in [0, 0.1) is 5.92 Å². The van der Waals surface area contributed by atoms with Crippen LogP contribution in [0.3, 0.4) is 0 Å². The van der Waals surface area contributed by atoms with Gasteiger partial charge in [-0.15, -0.1) is 0 Å². The molecule has 0 bridgehead atoms. The van der Waals surface area contributed by atoms with Crippen molar-refractivity contribution in [2.45, 2.75) is 64.5 Å². The van der Waals surface area contributed by atoms with Gasteiger partial charge in [-0.25, -0.2) is 0 Å². The Morgan fingerprint density at radius 3 is 2.39 bits per heavy atom. The second kappa shape index (κ2) is 8.13. The van der Waals surface area contributed by atoms with E-state index in [1.54, 1.807) is 7.11 Å². The average Bonchev–Trinajstić information content (AvgIpc) is 2.36. The maximum absolute atomic E-state index is 5.64. The summed E-state index contributed by atoms with van der Waals surface area (Å²) in [5.41, 5.74) is -0.0626. The lowest BCUT2D eigenvalue weighted by molar-refractivity contribution is -0.00959. The number of methoxy groups -OCH3 is 1. The maximum Gasteiger partial charge on any atom is 0.0644 e. The largest absolute Gasteiger partial charge is 0.380 e. The van der Waals surface area contributed by atoms with E-state index in [4.69, 9.17) is 9.47 Å². The molecule has 0 amide bonds. The summed E-state index contributed by atoms with van der Waals surface area (Å²) >= 11 is 0. The van der Waals surface area contributed by atoms with E-state index >= 15 is 0 Å². The van der Waals surface area contributed by atoms with Gasteiger partial charge in [-0.05, 0) is 51.9 Å². The molecule has 3 heteroatoms. The highest BCUT2D eigenvalue weighted by Crippen LogP contribution is 2.23. The van der Waals surface area contributed by atoms with Crippen LogP contribution in [0.2, 0.25) is 0 Å². The monoisotopic (exact) mass is 257 g/mol. The quantitative estimate of drug-likeness (QED) is 0.678. The summed E-state index contributed by atoms with van der Waals surface area (Å²) < 4.78 is 11.0. The van der Waals surface area contributed by atoms with E-state index < -0.39 is 0 Å². The Labute approximate surface area is 113 Å². The molecule has 3 nitrogen and oxygen atoms in total. The molecule has 108 valence electrons. The second-order valence-corrected chi connectivity index (χ2v) is 6.24. The van der Waals surface area contributed by atoms with Crippen molar-refractivity contribution in [1.29, 1.82) is 0 Å². The van der Waals surface area contributed by atoms with Crippen molar-refractivity contribution >= 4 is 0 Å². The van der Waals surface area contributed by atoms with Crippen LogP contribution in [0.5, 0.6) is 0 Å². The van der Waals surface area contributed by atoms with Gasteiger partial charge >= 0.3 is 0 Å². The van der Waals surface area contributed by atoms with Gasteiger partial charge in [0.25, 0.3) is 0 Å². The van der Waals surface area contributed by atoms with Gasteiger partial charge < -0.3 is 14.8 Å². The fourth-order valence-corrected chi connectivity index (χ4v) is 2.32. The van der Waals surface area contributed by atoms with Gasteiger partial charge in [0.15, 0.2) is 0 Å². The van der Waals surface area contributed by atoms with Crippen LogP contribution in [0.1, 0.15) is 52.9 Å². The normalized spacial score (nSPS) is 25.3. The van der Waals surface area contributed by atoms with Gasteiger partial charge in [-0.2, -0.15) is 0 Å². The fraction of sp³-hybridized carbons (Fsp3) is 1.00. The minimum absolute atomic E-state index is 0.0626. The average molecular weight is 257 g/mol. The molecule has 1 saturated carbocycles. The second-order valence-electron chi connectivity index (χ2n) is 6.24. The number of nitrogens with one attached hydrogen (secondary N) is 1. The summed E-state index contributed by atoms with van der Waals surface area (Å²) in [4.78, 5) is 0. The first-order chi connectivity index (χ1) is 8.53. The number of hydrogen-bond acceptors (Lipinski definition) is 3. The van der Waals surface area contributed by atoms with Crippen LogP contribution in [-0.2, 0) is 9.47 Å². The molecule has 0 radical (unpaired) electrons. The van der Waals surface area contributed by atoms with E-state index in [0.29, 0.717) is 0 Å². The van der Waals surface area contributed by atoms with Crippen molar-refractivity contribution in [3.8, 4) is 0 Å². The molecule has 18 heavy (non-hydrogen) atoms. The first-order valence-corrected chi connectivity index (χ1v) is 7.40. The summed E-state index contributed by atoms with van der Waals surface area (Å²) in [5.74, 6) is 0.926. The predicted octanol–water partition coefficient (Wildman–Crippen LogP) is 2.99. The molecule has 0 heterocycles. The molecule has 0 aromatic heterocycles. The molecule has 1 aliphatic carbocycles. The van der Waals surface area contributed by atoms with Crippen LogP contribution in [-0.4, -0.2) is 38.5 Å². The Morgan fingerprint density at radius 2 is 1.78 bits per heavy atom. The summed E-state index contributed by atoms with van der Waals surface area (Å²) in [6, 6.07) is 0.722. The number of rotatable bonds is 8. The Bertz CT molecular complexity index is 211. The van der Waals surface area contributed by atoms with Gasteiger partial charge in [-0.1, -0.05) is 6.92 Å². The lowest BCUT2D eigenvalue weighted by atomic mass is 9.87. The molecule has 0 saturated heterocycles. The minimum Gasteiger partial charge on any atom is -0.380 e. The van der Waals surface area contributed by atoms with Crippen molar-refractivity contribution in [2.75, 3.05) is 26.9 Å². The highest BCUT2D eigenvalue weighted by Gasteiger charge is 2.17. The molecule has 1 aliphatic rings. The number of ether oxygens (including phenoxy) is 2. The molecular formula is C15H31NO2. The summed E-state index contributed by atoms with van der Waals surface area (Å²) in [7, 11) is 1.76. The third kappa shape index (κ3) is 6.72. The van der Waals surface area contributed by atoms with E-state index in [0.717, 1.165) is 38.1 Å². The van der Waals surface area contributed by atoms with E-state index in [1.807, 2.05) is 0 Å². The molecular weight excluding hydrogens is 226 g/mol. The van der Waals surface area contributed by atoms with Gasteiger partial charge in [0, 0.05) is 26.3 Å². The van der Waals surface area contributed by atoms with Crippen molar-refractivity contribution in [1.82, 2.24) is 5.32 Å². The summed E-state index contributed by atoms with van der Waals surface area (Å²) in [6.07, 6.45) is 6.36. The smallest absolute Gasteiger partial charge is 0.0644 e. The summed E-state index contributed by atoms with van der Waals surface area (Å²) in [5, 5.41) is 3.60. The third-order valence-electron chi connectivity index (χ3n) is 4.10. The molecule has 0 aliphatic heterocycles. The van der Waals surface area contributed by atoms with E-state index in [9.17, 15) is 0 Å². The molecule has 0 atom stereocenters. The maximum atomic E-state index is 5.64. The van der Waals surface area contributed by atoms with Crippen molar-refractivity contribution < 1.29 is 9.47 Å². The van der Waals surface area contributed by atoms with Gasteiger partial charge in [-0.3, -0.25) is 0 Å². The molecule has 0 aromatic carbocycles. The van der Waals surface area contributed by atoms with Crippen molar-refractivity contribution in [3.05, 3.63) is 0 Å². The third-order valence-corrected chi connectivity index (χ3v) is 4.10. The Hall–Kier alpha value is -0.120. The minimum atomic E-state index is -0.0626. The van der Waals surface area contributed by atoms with Crippen LogP contribution in [0.15, 0.2) is 0 Å². The van der Waals surface area contributed by atoms with Crippen LogP contribution < -0.4 is 5.32 Å². The van der Waals surface area contributed by atoms with Crippen LogP contribution >= 0.6 is 0 Å². The lowest BCUT2D eigenvalue weighted by Gasteiger charge is -2.27. The van der Waals surface area contributed by atoms with Gasteiger partial charge in [0.2, 0.25) is 0 Å². The highest BCUT2D eigenvalue weighted by atomic mass is 16.5. The Balaban J connectivity index is 1.93. The molecule has 1 rings (SSSR count). The molecule has 0 unspecified atom stereocenters. The van der Waals surface area contributed by atoms with Gasteiger partial charge in [0.05, 0.1) is 12.2 Å². The Kier molecular flexibility index (Phi) is 7.20. The fourth-order valence-electron chi connectivity index (χ4n) is 2.32. The van der Waals surface area contributed by atoms with Gasteiger partial charge in [0.1, 0.15) is 0 Å². The predicted molar refractivity (Wildman–Crippen MR) is 75.9 cm³/mol. The van der Waals surface area contributed by atoms with E-state index in [1.165, 1.54) is 25.7 Å². The first kappa shape index (κ1) is 15.9. The molecule has 0 spiro atoms. The lowest BCUT2D eigenvalue weighted by Crippen LogP contribution is -2.35. The standard InChI is InChI=1S/C15H31NO2/c1-13-5-7-14(8-6-13)16-10-12-18-11-9-15(2,3)17-4/h13-14,16H,5-12H2,1-4H3. The zero-order chi connectivity index (χ0) is 13.4. The highest BCUT2D eigenvalue weighted by molar-refractivity contribution is 4.75. The van der Waals surface area contributed by atoms with Crippen molar-refractivity contribution in [2.24, 2.45) is 5.92 Å². The van der Waals surface area contributed by atoms with E-state index in [-0.39, 0.29) is 5.60 Å².